The van der Waals surface area contributed by atoms with E-state index in [2.05, 4.69) is 11.3 Å². The molecule has 136 valence electrons. The number of halogens is 2. The Bertz CT molecular complexity index is 795. The van der Waals surface area contributed by atoms with Crippen molar-refractivity contribution < 1.29 is 14.3 Å². The fourth-order valence-corrected chi connectivity index (χ4v) is 3.85. The number of hydrogen-bond acceptors (Lipinski definition) is 4. The number of nitrogens with one attached hydrogen (secondary N) is 1. The molecule has 0 spiro atoms. The van der Waals surface area contributed by atoms with Gasteiger partial charge < -0.3 is 10.0 Å². The lowest BCUT2D eigenvalue weighted by molar-refractivity contribution is 0.0788. The maximum atomic E-state index is 13.7. The highest BCUT2D eigenvalue weighted by Crippen LogP contribution is 2.32. The molecule has 2 N–H and O–H groups in total. The van der Waals surface area contributed by atoms with Crippen LogP contribution < -0.4 is 4.72 Å². The van der Waals surface area contributed by atoms with Crippen LogP contribution in [0.1, 0.15) is 21.8 Å². The first kappa shape index (κ1) is 18.8. The van der Waals surface area contributed by atoms with E-state index in [-0.39, 0.29) is 28.5 Å². The summed E-state index contributed by atoms with van der Waals surface area (Å²) in [5.41, 5.74) is 1.24. The molecule has 2 aromatic carbocycles. The highest BCUT2D eigenvalue weighted by Gasteiger charge is 2.36. The minimum Gasteiger partial charge on any atom is -0.504 e. The van der Waals surface area contributed by atoms with E-state index in [9.17, 15) is 14.3 Å². The van der Waals surface area contributed by atoms with E-state index in [1.807, 2.05) is 30.3 Å². The number of nitrogens with zero attached hydrogens (tertiary/aromatic N) is 1. The predicted octanol–water partition coefficient (Wildman–Crippen LogP) is 4.17. The Balaban J connectivity index is 1.84. The zero-order valence-corrected chi connectivity index (χ0v) is 15.4. The van der Waals surface area contributed by atoms with Gasteiger partial charge in [-0.15, -0.1) is 0 Å². The molecule has 0 aliphatic carbocycles. The molecule has 1 fully saturated rings. The van der Waals surface area contributed by atoms with Crippen molar-refractivity contribution in [3.8, 4) is 5.75 Å². The number of aromatic hydroxyl groups is 1. The number of rotatable bonds is 5. The summed E-state index contributed by atoms with van der Waals surface area (Å²) in [5.74, 6) is -1.77. The molecule has 0 bridgehead atoms. The van der Waals surface area contributed by atoms with Gasteiger partial charge in [0.05, 0.1) is 5.02 Å². The van der Waals surface area contributed by atoms with Gasteiger partial charge in [-0.25, -0.2) is 4.39 Å². The van der Waals surface area contributed by atoms with E-state index in [0.29, 0.717) is 13.1 Å². The summed E-state index contributed by atoms with van der Waals surface area (Å²) >= 11 is 7.19. The second-order valence-corrected chi connectivity index (χ2v) is 7.24. The first-order valence-corrected chi connectivity index (χ1v) is 9.31. The SMILES string of the molecule is C=CSNC1CN(C(=O)c2cc(F)c(O)c(Cl)c2)CC1c1ccccc1. The molecular formula is C19H18ClFN2O2S. The molecule has 2 unspecified atom stereocenters. The molecule has 4 nitrogen and oxygen atoms in total. The van der Waals surface area contributed by atoms with Crippen LogP contribution in [0.3, 0.4) is 0 Å². The number of carbonyl (C=O) groups excluding carboxylic acids is 1. The number of hydrogen-bond donors (Lipinski definition) is 2. The molecular weight excluding hydrogens is 375 g/mol. The summed E-state index contributed by atoms with van der Waals surface area (Å²) in [5, 5.41) is 11.0. The topological polar surface area (TPSA) is 52.6 Å². The molecule has 2 aromatic rings. The lowest BCUT2D eigenvalue weighted by atomic mass is 9.95. The second-order valence-electron chi connectivity index (χ2n) is 6.02. The highest BCUT2D eigenvalue weighted by atomic mass is 35.5. The average molecular weight is 393 g/mol. The number of amides is 1. The standard InChI is InChI=1S/C19H18ClFN2O2S/c1-2-26-22-17-11-23(10-14(17)12-6-4-3-5-7-12)19(25)13-8-15(20)18(24)16(21)9-13/h2-9,14,17,22,24H,1,10-11H2. The lowest BCUT2D eigenvalue weighted by Gasteiger charge is -2.18. The summed E-state index contributed by atoms with van der Waals surface area (Å²) in [7, 11) is 0. The van der Waals surface area contributed by atoms with Crippen LogP contribution in [0, 0.1) is 5.82 Å². The second kappa shape index (κ2) is 8.12. The van der Waals surface area contributed by atoms with Gasteiger partial charge in [-0.2, -0.15) is 0 Å². The molecule has 2 atom stereocenters. The van der Waals surface area contributed by atoms with Gasteiger partial charge in [-0.1, -0.05) is 60.5 Å². The number of phenols is 1. The van der Waals surface area contributed by atoms with Gasteiger partial charge in [0.15, 0.2) is 11.6 Å². The van der Waals surface area contributed by atoms with Crippen molar-refractivity contribution in [2.24, 2.45) is 0 Å². The molecule has 1 aliphatic heterocycles. The van der Waals surface area contributed by atoms with Crippen molar-refractivity contribution >= 4 is 29.5 Å². The third kappa shape index (κ3) is 3.87. The lowest BCUT2D eigenvalue weighted by Crippen LogP contribution is -2.33. The molecule has 7 heteroatoms. The van der Waals surface area contributed by atoms with Gasteiger partial charge in [0.25, 0.3) is 5.91 Å². The van der Waals surface area contributed by atoms with E-state index in [4.69, 9.17) is 11.6 Å². The van der Waals surface area contributed by atoms with Gasteiger partial charge >= 0.3 is 0 Å². The summed E-state index contributed by atoms with van der Waals surface area (Å²) in [6.45, 7) is 4.66. The van der Waals surface area contributed by atoms with Crippen molar-refractivity contribution in [2.75, 3.05) is 13.1 Å². The number of carbonyl (C=O) groups is 1. The third-order valence-electron chi connectivity index (χ3n) is 4.40. The Kier molecular flexibility index (Phi) is 5.86. The molecule has 1 saturated heterocycles. The molecule has 0 radical (unpaired) electrons. The van der Waals surface area contributed by atoms with Crippen molar-refractivity contribution in [3.63, 3.8) is 0 Å². The van der Waals surface area contributed by atoms with E-state index in [1.54, 1.807) is 10.3 Å². The van der Waals surface area contributed by atoms with Crippen molar-refractivity contribution in [3.05, 3.63) is 76.4 Å². The van der Waals surface area contributed by atoms with Gasteiger partial charge in [-0.05, 0) is 23.1 Å². The van der Waals surface area contributed by atoms with Crippen molar-refractivity contribution in [1.29, 1.82) is 0 Å². The molecule has 1 amide bonds. The van der Waals surface area contributed by atoms with Crippen LogP contribution in [0.25, 0.3) is 0 Å². The van der Waals surface area contributed by atoms with Crippen LogP contribution in [-0.4, -0.2) is 35.0 Å². The first-order valence-electron chi connectivity index (χ1n) is 8.05. The molecule has 3 rings (SSSR count). The van der Waals surface area contributed by atoms with Crippen LogP contribution in [0.2, 0.25) is 5.02 Å². The summed E-state index contributed by atoms with van der Waals surface area (Å²) in [4.78, 5) is 14.5. The van der Waals surface area contributed by atoms with Crippen LogP contribution in [0.5, 0.6) is 5.75 Å². The van der Waals surface area contributed by atoms with E-state index >= 15 is 0 Å². The largest absolute Gasteiger partial charge is 0.504 e. The Morgan fingerprint density at radius 2 is 2.08 bits per heavy atom. The monoisotopic (exact) mass is 392 g/mol. The maximum absolute atomic E-state index is 13.7. The van der Waals surface area contributed by atoms with Gasteiger partial charge in [0.1, 0.15) is 0 Å². The average Bonchev–Trinajstić information content (AvgIpc) is 3.08. The Morgan fingerprint density at radius 1 is 1.35 bits per heavy atom. The van der Waals surface area contributed by atoms with E-state index in [0.717, 1.165) is 11.6 Å². The van der Waals surface area contributed by atoms with Crippen LogP contribution in [-0.2, 0) is 0 Å². The molecule has 1 heterocycles. The van der Waals surface area contributed by atoms with Crippen LogP contribution in [0.4, 0.5) is 4.39 Å². The van der Waals surface area contributed by atoms with Gasteiger partial charge in [0, 0.05) is 30.6 Å². The van der Waals surface area contributed by atoms with E-state index < -0.39 is 11.6 Å². The smallest absolute Gasteiger partial charge is 0.254 e. The first-order chi connectivity index (χ1) is 12.5. The Labute approximate surface area is 160 Å². The summed E-state index contributed by atoms with van der Waals surface area (Å²) in [6.07, 6.45) is 0. The zero-order chi connectivity index (χ0) is 18.7. The predicted molar refractivity (Wildman–Crippen MR) is 103 cm³/mol. The maximum Gasteiger partial charge on any atom is 0.254 e. The Hall–Kier alpha value is -2.02. The minimum atomic E-state index is -0.906. The van der Waals surface area contributed by atoms with Crippen LogP contribution in [0.15, 0.2) is 54.5 Å². The Morgan fingerprint density at radius 3 is 2.73 bits per heavy atom. The summed E-state index contributed by atoms with van der Waals surface area (Å²) in [6, 6.07) is 12.3. The number of benzene rings is 2. The normalized spacial score (nSPS) is 19.5. The minimum absolute atomic E-state index is 0.0294. The quantitative estimate of drug-likeness (QED) is 0.750. The van der Waals surface area contributed by atoms with Gasteiger partial charge in [-0.3, -0.25) is 9.52 Å². The summed E-state index contributed by atoms with van der Waals surface area (Å²) < 4.78 is 17.1. The number of phenolic OH excluding ortho intramolecular Hbond substituents is 1. The molecule has 0 saturated carbocycles. The van der Waals surface area contributed by atoms with E-state index in [1.165, 1.54) is 18.0 Å². The fourth-order valence-electron chi connectivity index (χ4n) is 3.13. The van der Waals surface area contributed by atoms with Crippen molar-refractivity contribution in [1.82, 2.24) is 9.62 Å². The van der Waals surface area contributed by atoms with Crippen LogP contribution >= 0.6 is 23.5 Å². The number of likely N-dealkylation sites (tertiary alicyclic amines) is 1. The highest BCUT2D eigenvalue weighted by molar-refractivity contribution is 8.00. The molecule has 1 aliphatic rings. The van der Waals surface area contributed by atoms with Crippen molar-refractivity contribution in [2.45, 2.75) is 12.0 Å². The zero-order valence-electron chi connectivity index (χ0n) is 13.9. The fraction of sp³-hybridized carbons (Fsp3) is 0.211. The van der Waals surface area contributed by atoms with Gasteiger partial charge in [0.2, 0.25) is 0 Å². The molecule has 0 aromatic heterocycles. The third-order valence-corrected chi connectivity index (χ3v) is 5.30. The molecule has 26 heavy (non-hydrogen) atoms.